The summed E-state index contributed by atoms with van der Waals surface area (Å²) < 4.78 is 38.2. The van der Waals surface area contributed by atoms with Crippen LogP contribution in [0.4, 0.5) is 18.9 Å². The minimum atomic E-state index is -4.31. The number of fused-ring (bicyclic) bond motifs is 1. The number of rotatable bonds is 1. The Balaban J connectivity index is 2.42. The maximum absolute atomic E-state index is 12.7. The Morgan fingerprint density at radius 1 is 1.38 bits per heavy atom. The summed E-state index contributed by atoms with van der Waals surface area (Å²) >= 11 is 0. The topological polar surface area (TPSA) is 38.0 Å². The summed E-state index contributed by atoms with van der Waals surface area (Å²) in [6, 6.07) is 4.22. The third-order valence-corrected chi connectivity index (χ3v) is 2.85. The monoisotopic (exact) mass is 230 g/mol. The van der Waals surface area contributed by atoms with Crippen LogP contribution in [0.1, 0.15) is 17.5 Å². The minimum absolute atomic E-state index is 0.0593. The lowest BCUT2D eigenvalue weighted by Crippen LogP contribution is -2.33. The van der Waals surface area contributed by atoms with E-state index in [1.165, 1.54) is 6.07 Å². The fourth-order valence-electron chi connectivity index (χ4n) is 2.00. The lowest BCUT2D eigenvalue weighted by Gasteiger charge is -2.28. The van der Waals surface area contributed by atoms with Gasteiger partial charge >= 0.3 is 6.18 Å². The van der Waals surface area contributed by atoms with E-state index >= 15 is 0 Å². The number of alkyl halides is 3. The van der Waals surface area contributed by atoms with Gasteiger partial charge in [0, 0.05) is 18.3 Å². The molecule has 0 saturated carbocycles. The molecule has 0 spiro atoms. The van der Waals surface area contributed by atoms with Gasteiger partial charge in [0.2, 0.25) is 0 Å². The lowest BCUT2D eigenvalue weighted by atomic mass is 9.95. The zero-order chi connectivity index (χ0) is 11.8. The van der Waals surface area contributed by atoms with Crippen LogP contribution in [0.25, 0.3) is 0 Å². The molecule has 1 aromatic carbocycles. The first-order valence-electron chi connectivity index (χ1n) is 5.18. The molecule has 2 rings (SSSR count). The summed E-state index contributed by atoms with van der Waals surface area (Å²) in [5.74, 6) is 0. The number of anilines is 1. The summed E-state index contributed by atoms with van der Waals surface area (Å²) in [7, 11) is 0. The van der Waals surface area contributed by atoms with Gasteiger partial charge in [0.15, 0.2) is 0 Å². The Morgan fingerprint density at radius 2 is 2.12 bits per heavy atom. The third kappa shape index (κ3) is 2.00. The van der Waals surface area contributed by atoms with Crippen molar-refractivity contribution >= 4 is 5.69 Å². The molecule has 5 heteroatoms. The van der Waals surface area contributed by atoms with Crippen LogP contribution in [-0.4, -0.2) is 12.6 Å². The molecule has 1 atom stereocenters. The number of hydrogen-bond acceptors (Lipinski definition) is 2. The molecule has 0 bridgehead atoms. The van der Waals surface area contributed by atoms with Crippen molar-refractivity contribution in [3.63, 3.8) is 0 Å². The van der Waals surface area contributed by atoms with Gasteiger partial charge in [-0.3, -0.25) is 0 Å². The van der Waals surface area contributed by atoms with Crippen LogP contribution >= 0.6 is 0 Å². The second-order valence-corrected chi connectivity index (χ2v) is 3.95. The van der Waals surface area contributed by atoms with Crippen LogP contribution in [0.2, 0.25) is 0 Å². The Bertz CT molecular complexity index is 387. The molecule has 0 aliphatic carbocycles. The van der Waals surface area contributed by atoms with Gasteiger partial charge < -0.3 is 11.1 Å². The van der Waals surface area contributed by atoms with E-state index in [1.807, 2.05) is 0 Å². The molecule has 0 saturated heterocycles. The van der Waals surface area contributed by atoms with Crippen molar-refractivity contribution in [1.29, 1.82) is 0 Å². The van der Waals surface area contributed by atoms with E-state index in [9.17, 15) is 13.2 Å². The Kier molecular flexibility index (Phi) is 2.80. The van der Waals surface area contributed by atoms with Gasteiger partial charge in [-0.1, -0.05) is 12.1 Å². The summed E-state index contributed by atoms with van der Waals surface area (Å²) in [5, 5.41) is 2.88. The van der Waals surface area contributed by atoms with Gasteiger partial charge in [0.05, 0.1) is 5.56 Å². The molecular weight excluding hydrogens is 217 g/mol. The zero-order valence-electron chi connectivity index (χ0n) is 8.64. The van der Waals surface area contributed by atoms with E-state index in [1.54, 1.807) is 6.07 Å². The second kappa shape index (κ2) is 3.97. The van der Waals surface area contributed by atoms with Gasteiger partial charge in [-0.25, -0.2) is 0 Å². The van der Waals surface area contributed by atoms with E-state index < -0.39 is 11.7 Å². The Labute approximate surface area is 91.6 Å². The molecule has 16 heavy (non-hydrogen) atoms. The predicted octanol–water partition coefficient (Wildman–Crippen LogP) is 2.39. The van der Waals surface area contributed by atoms with Crippen molar-refractivity contribution in [3.05, 3.63) is 29.3 Å². The number of benzene rings is 1. The van der Waals surface area contributed by atoms with Crippen molar-refractivity contribution < 1.29 is 13.2 Å². The predicted molar refractivity (Wildman–Crippen MR) is 56.2 cm³/mol. The minimum Gasteiger partial charge on any atom is -0.380 e. The highest BCUT2D eigenvalue weighted by Crippen LogP contribution is 2.38. The highest BCUT2D eigenvalue weighted by molar-refractivity contribution is 5.61. The molecule has 2 nitrogen and oxygen atoms in total. The standard InChI is InChI=1S/C11H13F3N2/c12-11(13,14)9-3-1-2-7-4-5-8(6-15)16-10(7)9/h1-3,8,16H,4-6,15H2. The summed E-state index contributed by atoms with van der Waals surface area (Å²) in [6.45, 7) is 0.353. The Morgan fingerprint density at radius 3 is 2.75 bits per heavy atom. The summed E-state index contributed by atoms with van der Waals surface area (Å²) in [5.41, 5.74) is 5.81. The number of hydrogen-bond donors (Lipinski definition) is 2. The molecule has 1 heterocycles. The second-order valence-electron chi connectivity index (χ2n) is 3.95. The van der Waals surface area contributed by atoms with Crippen molar-refractivity contribution in [2.75, 3.05) is 11.9 Å². The van der Waals surface area contributed by atoms with Gasteiger partial charge in [-0.05, 0) is 24.5 Å². The van der Waals surface area contributed by atoms with Crippen molar-refractivity contribution in [2.24, 2.45) is 5.73 Å². The van der Waals surface area contributed by atoms with Crippen molar-refractivity contribution in [3.8, 4) is 0 Å². The molecule has 1 unspecified atom stereocenters. The van der Waals surface area contributed by atoms with E-state index in [-0.39, 0.29) is 11.7 Å². The quantitative estimate of drug-likeness (QED) is 0.777. The number of nitrogens with one attached hydrogen (secondary N) is 1. The van der Waals surface area contributed by atoms with Gasteiger partial charge in [0.1, 0.15) is 0 Å². The molecular formula is C11H13F3N2. The number of halogens is 3. The smallest absolute Gasteiger partial charge is 0.380 e. The van der Waals surface area contributed by atoms with Gasteiger partial charge in [-0.2, -0.15) is 13.2 Å². The maximum Gasteiger partial charge on any atom is 0.418 e. The first-order valence-corrected chi connectivity index (χ1v) is 5.18. The first kappa shape index (κ1) is 11.3. The average molecular weight is 230 g/mol. The fraction of sp³-hybridized carbons (Fsp3) is 0.455. The SMILES string of the molecule is NCC1CCc2cccc(C(F)(F)F)c2N1. The molecule has 1 aromatic rings. The third-order valence-electron chi connectivity index (χ3n) is 2.85. The molecule has 0 radical (unpaired) electrons. The number of aryl methyl sites for hydroxylation is 1. The van der Waals surface area contributed by atoms with Crippen molar-refractivity contribution in [2.45, 2.75) is 25.1 Å². The number of para-hydroxylation sites is 1. The van der Waals surface area contributed by atoms with Gasteiger partial charge in [-0.15, -0.1) is 0 Å². The van der Waals surface area contributed by atoms with Crippen LogP contribution in [0.3, 0.4) is 0 Å². The van der Waals surface area contributed by atoms with Crippen LogP contribution in [0.5, 0.6) is 0 Å². The zero-order valence-corrected chi connectivity index (χ0v) is 8.64. The number of nitrogens with two attached hydrogens (primary N) is 1. The lowest BCUT2D eigenvalue weighted by molar-refractivity contribution is -0.137. The fourth-order valence-corrected chi connectivity index (χ4v) is 2.00. The molecule has 1 aliphatic rings. The van der Waals surface area contributed by atoms with Crippen LogP contribution in [0, 0.1) is 0 Å². The van der Waals surface area contributed by atoms with Crippen LogP contribution in [0.15, 0.2) is 18.2 Å². The Hall–Kier alpha value is -1.23. The molecule has 88 valence electrons. The summed E-state index contributed by atoms with van der Waals surface area (Å²) in [4.78, 5) is 0. The van der Waals surface area contributed by atoms with E-state index in [0.29, 0.717) is 13.0 Å². The van der Waals surface area contributed by atoms with Crippen molar-refractivity contribution in [1.82, 2.24) is 0 Å². The largest absolute Gasteiger partial charge is 0.418 e. The van der Waals surface area contributed by atoms with Crippen LogP contribution in [-0.2, 0) is 12.6 Å². The van der Waals surface area contributed by atoms with E-state index in [0.717, 1.165) is 18.1 Å². The van der Waals surface area contributed by atoms with E-state index in [4.69, 9.17) is 5.73 Å². The highest BCUT2D eigenvalue weighted by atomic mass is 19.4. The summed E-state index contributed by atoms with van der Waals surface area (Å²) in [6.07, 6.45) is -2.88. The molecule has 1 aliphatic heterocycles. The molecule has 3 N–H and O–H groups in total. The van der Waals surface area contributed by atoms with E-state index in [2.05, 4.69) is 5.32 Å². The van der Waals surface area contributed by atoms with Crippen LogP contribution < -0.4 is 11.1 Å². The highest BCUT2D eigenvalue weighted by Gasteiger charge is 2.35. The maximum atomic E-state index is 12.7. The molecule has 0 fully saturated rings. The van der Waals surface area contributed by atoms with Gasteiger partial charge in [0.25, 0.3) is 0 Å². The molecule has 0 amide bonds. The average Bonchev–Trinajstić information content (AvgIpc) is 2.26. The first-order chi connectivity index (χ1) is 7.52. The normalized spacial score (nSPS) is 20.1. The molecule has 0 aromatic heterocycles.